The highest BCUT2D eigenvalue weighted by molar-refractivity contribution is 9.10. The number of esters is 1. The molecule has 0 bridgehead atoms. The summed E-state index contributed by atoms with van der Waals surface area (Å²) in [6.45, 7) is 1.43. The Balaban J connectivity index is 3.88. The summed E-state index contributed by atoms with van der Waals surface area (Å²) in [7, 11) is 0. The molecule has 0 fully saturated rings. The Labute approximate surface area is 189 Å². The van der Waals surface area contributed by atoms with Crippen molar-refractivity contribution in [3.63, 3.8) is 0 Å². The van der Waals surface area contributed by atoms with Crippen molar-refractivity contribution >= 4 is 28.2 Å². The van der Waals surface area contributed by atoms with E-state index in [1.807, 2.05) is 0 Å². The van der Waals surface area contributed by atoms with Crippen LogP contribution in [0.2, 0.25) is 0 Å². The summed E-state index contributed by atoms with van der Waals surface area (Å²) >= 11 is 3.23. The van der Waals surface area contributed by atoms with Gasteiger partial charge in [-0.2, -0.15) is 0 Å². The normalized spacial score (nSPS) is 16.5. The number of carbonyl (C=O) groups is 2. The molecule has 0 aromatic heterocycles. The number of aliphatic hydroxyl groups excluding tert-OH is 4. The molecule has 8 heteroatoms. The van der Waals surface area contributed by atoms with Crippen LogP contribution in [0.15, 0.2) is 0 Å². The van der Waals surface area contributed by atoms with E-state index in [1.54, 1.807) is 0 Å². The Kier molecular flexibility index (Phi) is 18.8. The van der Waals surface area contributed by atoms with Crippen molar-refractivity contribution in [1.82, 2.24) is 0 Å². The number of carbonyl (C=O) groups excluding carboxylic acids is 2. The lowest BCUT2D eigenvalue weighted by atomic mass is 10.0. The fourth-order valence-corrected chi connectivity index (χ4v) is 3.63. The Morgan fingerprint density at radius 1 is 0.867 bits per heavy atom. The Bertz CT molecular complexity index is 436. The smallest absolute Gasteiger partial charge is 0.320 e. The summed E-state index contributed by atoms with van der Waals surface area (Å²) in [5.41, 5.74) is 0. The molecule has 0 saturated carbocycles. The van der Waals surface area contributed by atoms with E-state index in [-0.39, 0.29) is 6.29 Å². The minimum Gasteiger partial charge on any atom is -0.451 e. The average Bonchev–Trinajstić information content (AvgIpc) is 2.76. The molecule has 5 atom stereocenters. The summed E-state index contributed by atoms with van der Waals surface area (Å²) in [4.78, 5) is 22.5. The fourth-order valence-electron chi connectivity index (χ4n) is 3.20. The van der Waals surface area contributed by atoms with Crippen molar-refractivity contribution < 1.29 is 34.8 Å². The van der Waals surface area contributed by atoms with Gasteiger partial charge in [-0.15, -0.1) is 0 Å². The lowest BCUT2D eigenvalue weighted by molar-refractivity contribution is -0.167. The fraction of sp³-hybridized carbons (Fsp3) is 0.909. The van der Waals surface area contributed by atoms with Gasteiger partial charge < -0.3 is 25.2 Å². The van der Waals surface area contributed by atoms with E-state index in [4.69, 9.17) is 9.84 Å². The van der Waals surface area contributed by atoms with Crippen LogP contribution in [0.25, 0.3) is 0 Å². The van der Waals surface area contributed by atoms with Crippen molar-refractivity contribution in [2.24, 2.45) is 0 Å². The number of hydrogen-bond donors (Lipinski definition) is 4. The number of ether oxygens (including phenoxy) is 1. The molecule has 0 aromatic carbocycles. The molecule has 0 aliphatic heterocycles. The minimum atomic E-state index is -1.82. The Hall–Kier alpha value is -0.540. The zero-order chi connectivity index (χ0) is 22.8. The monoisotopic (exact) mass is 496 g/mol. The first-order valence-electron chi connectivity index (χ1n) is 11.3. The molecule has 0 saturated heterocycles. The Morgan fingerprint density at radius 2 is 1.33 bits per heavy atom. The molecule has 4 N–H and O–H groups in total. The lowest BCUT2D eigenvalue weighted by Gasteiger charge is -2.26. The average molecular weight is 497 g/mol. The highest BCUT2D eigenvalue weighted by Crippen LogP contribution is 2.17. The largest absolute Gasteiger partial charge is 0.451 e. The van der Waals surface area contributed by atoms with Crippen LogP contribution >= 0.6 is 15.9 Å². The lowest BCUT2D eigenvalue weighted by Crippen LogP contribution is -2.48. The second-order valence-electron chi connectivity index (χ2n) is 7.91. The molecule has 0 aliphatic carbocycles. The van der Waals surface area contributed by atoms with Crippen LogP contribution in [0.5, 0.6) is 0 Å². The first-order chi connectivity index (χ1) is 14.4. The van der Waals surface area contributed by atoms with Crippen LogP contribution in [-0.4, -0.2) is 68.5 Å². The summed E-state index contributed by atoms with van der Waals surface area (Å²) < 4.78 is 4.94. The quantitative estimate of drug-likeness (QED) is 0.0882. The van der Waals surface area contributed by atoms with Gasteiger partial charge in [-0.3, -0.25) is 9.59 Å². The van der Waals surface area contributed by atoms with Crippen LogP contribution in [0.1, 0.15) is 90.4 Å². The zero-order valence-electron chi connectivity index (χ0n) is 18.3. The summed E-state index contributed by atoms with van der Waals surface area (Å²) in [6, 6.07) is 0. The van der Waals surface area contributed by atoms with E-state index in [1.165, 1.54) is 57.8 Å². The van der Waals surface area contributed by atoms with E-state index in [0.29, 0.717) is 6.42 Å². The molecule has 0 aromatic rings. The molecule has 0 heterocycles. The number of rotatable bonds is 20. The minimum absolute atomic E-state index is 0.194. The molecule has 7 nitrogen and oxygen atoms in total. The van der Waals surface area contributed by atoms with Crippen molar-refractivity contribution in [3.05, 3.63) is 0 Å². The van der Waals surface area contributed by atoms with Crippen LogP contribution in [0, 0.1) is 0 Å². The van der Waals surface area contributed by atoms with Gasteiger partial charge >= 0.3 is 5.97 Å². The zero-order valence-corrected chi connectivity index (χ0v) is 19.8. The highest BCUT2D eigenvalue weighted by atomic mass is 79.9. The summed E-state index contributed by atoms with van der Waals surface area (Å²) in [5, 5.41) is 37.6. The van der Waals surface area contributed by atoms with Crippen LogP contribution in [-0.2, 0) is 14.3 Å². The van der Waals surface area contributed by atoms with Gasteiger partial charge in [0.2, 0.25) is 0 Å². The number of unbranched alkanes of at least 4 members (excludes halogenated alkanes) is 11. The molecular formula is C22H41BrO7. The number of hydrogen-bond acceptors (Lipinski definition) is 7. The predicted octanol–water partition coefficient (Wildman–Crippen LogP) is 3.03. The van der Waals surface area contributed by atoms with E-state index in [9.17, 15) is 24.9 Å². The van der Waals surface area contributed by atoms with Crippen molar-refractivity contribution in [3.8, 4) is 0 Å². The molecule has 0 radical (unpaired) electrons. The molecule has 0 amide bonds. The molecule has 0 rings (SSSR count). The predicted molar refractivity (Wildman–Crippen MR) is 119 cm³/mol. The molecule has 178 valence electrons. The van der Waals surface area contributed by atoms with E-state index in [2.05, 4.69) is 22.9 Å². The Morgan fingerprint density at radius 3 is 1.77 bits per heavy atom. The maximum Gasteiger partial charge on any atom is 0.320 e. The van der Waals surface area contributed by atoms with Crippen LogP contribution in [0.4, 0.5) is 0 Å². The second-order valence-corrected chi connectivity index (χ2v) is 9.02. The first-order valence-corrected chi connectivity index (χ1v) is 12.2. The van der Waals surface area contributed by atoms with Gasteiger partial charge in [0.15, 0.2) is 12.4 Å². The number of aliphatic hydroxyl groups is 4. The summed E-state index contributed by atoms with van der Waals surface area (Å²) in [5.74, 6) is -0.708. The van der Waals surface area contributed by atoms with Crippen molar-refractivity contribution in [2.45, 2.75) is 120 Å². The van der Waals surface area contributed by atoms with Gasteiger partial charge in [0.05, 0.1) is 6.61 Å². The van der Waals surface area contributed by atoms with Gasteiger partial charge in [-0.25, -0.2) is 0 Å². The van der Waals surface area contributed by atoms with E-state index < -0.39 is 41.8 Å². The third kappa shape index (κ3) is 13.7. The SMILES string of the molecule is CCCCCCCCCCCCCCC(Br)C(=O)O[C@@H](C=O)[C@@H](O)[C@H](O)[C@H](O)CO. The van der Waals surface area contributed by atoms with Gasteiger partial charge in [-0.05, 0) is 6.42 Å². The van der Waals surface area contributed by atoms with E-state index >= 15 is 0 Å². The highest BCUT2D eigenvalue weighted by Gasteiger charge is 2.34. The standard InChI is InChI=1S/C22H41BrO7/c1-2-3-4-5-6-7-8-9-10-11-12-13-14-17(23)22(29)30-19(16-25)21(28)20(27)18(26)15-24/h16-21,24,26-28H,2-15H2,1H3/t17?,18-,19+,20-,21-/m1/s1. The second kappa shape index (κ2) is 19.2. The van der Waals surface area contributed by atoms with Gasteiger partial charge in [0.25, 0.3) is 0 Å². The molecule has 1 unspecified atom stereocenters. The molecule has 0 spiro atoms. The molecule has 0 aliphatic rings. The molecular weight excluding hydrogens is 456 g/mol. The van der Waals surface area contributed by atoms with Gasteiger partial charge in [0.1, 0.15) is 23.1 Å². The number of aldehydes is 1. The maximum atomic E-state index is 12.1. The number of halogens is 1. The van der Waals surface area contributed by atoms with Crippen LogP contribution < -0.4 is 0 Å². The van der Waals surface area contributed by atoms with Crippen molar-refractivity contribution in [1.29, 1.82) is 0 Å². The van der Waals surface area contributed by atoms with Crippen LogP contribution in [0.3, 0.4) is 0 Å². The third-order valence-corrected chi connectivity index (χ3v) is 6.05. The number of alkyl halides is 1. The summed E-state index contributed by atoms with van der Waals surface area (Å²) in [6.07, 6.45) is 8.51. The first kappa shape index (κ1) is 29.5. The third-order valence-electron chi connectivity index (χ3n) is 5.22. The van der Waals surface area contributed by atoms with Gasteiger partial charge in [0, 0.05) is 0 Å². The topological polar surface area (TPSA) is 124 Å². The maximum absolute atomic E-state index is 12.1. The molecule has 30 heavy (non-hydrogen) atoms. The van der Waals surface area contributed by atoms with Crippen molar-refractivity contribution in [2.75, 3.05) is 6.61 Å². The van der Waals surface area contributed by atoms with Gasteiger partial charge in [-0.1, -0.05) is 99.9 Å². The van der Waals surface area contributed by atoms with E-state index in [0.717, 1.165) is 19.3 Å².